The molecule has 0 fully saturated rings. The first-order valence-corrected chi connectivity index (χ1v) is 7.94. The zero-order chi connectivity index (χ0) is 13.8. The molecule has 0 bridgehead atoms. The van der Waals surface area contributed by atoms with E-state index in [1.165, 1.54) is 0 Å². The summed E-state index contributed by atoms with van der Waals surface area (Å²) in [7, 11) is 0. The van der Waals surface area contributed by atoms with Gasteiger partial charge in [-0.3, -0.25) is 0 Å². The number of nitrogen functional groups attached to an aromatic ring is 1. The van der Waals surface area contributed by atoms with E-state index in [1.54, 1.807) is 0 Å². The van der Waals surface area contributed by atoms with Gasteiger partial charge in [-0.05, 0) is 24.6 Å². The zero-order valence-corrected chi connectivity index (χ0v) is 13.3. The third-order valence-electron chi connectivity index (χ3n) is 2.79. The fraction of sp³-hybridized carbons (Fsp3) is 0.385. The third kappa shape index (κ3) is 3.73. The van der Waals surface area contributed by atoms with Gasteiger partial charge in [-0.2, -0.15) is 16.7 Å². The van der Waals surface area contributed by atoms with Crippen molar-refractivity contribution in [2.24, 2.45) is 0 Å². The molecule has 0 spiro atoms. The van der Waals surface area contributed by atoms with E-state index in [0.717, 1.165) is 22.2 Å². The second kappa shape index (κ2) is 6.43. The molecular weight excluding hydrogens is 326 g/mol. The summed E-state index contributed by atoms with van der Waals surface area (Å²) in [6.45, 7) is 4.36. The van der Waals surface area contributed by atoms with Gasteiger partial charge in [-0.15, -0.1) is 0 Å². The molecule has 4 nitrogen and oxygen atoms in total. The highest BCUT2D eigenvalue weighted by molar-refractivity contribution is 9.10. The first-order chi connectivity index (χ1) is 9.10. The Labute approximate surface area is 125 Å². The van der Waals surface area contributed by atoms with Crippen molar-refractivity contribution in [1.82, 2.24) is 10.1 Å². The number of benzene rings is 1. The molecule has 19 heavy (non-hydrogen) atoms. The van der Waals surface area contributed by atoms with E-state index in [2.05, 4.69) is 39.9 Å². The minimum Gasteiger partial charge on any atom is -0.398 e. The van der Waals surface area contributed by atoms with Crippen LogP contribution in [0.4, 0.5) is 5.69 Å². The van der Waals surface area contributed by atoms with Crippen molar-refractivity contribution in [2.45, 2.75) is 31.3 Å². The quantitative estimate of drug-likeness (QED) is 0.829. The number of nitrogens with two attached hydrogens (primary N) is 1. The molecular formula is C13H16BrN3OS. The van der Waals surface area contributed by atoms with Crippen LogP contribution in [-0.4, -0.2) is 15.4 Å². The van der Waals surface area contributed by atoms with E-state index < -0.39 is 0 Å². The van der Waals surface area contributed by atoms with Crippen LogP contribution in [0.3, 0.4) is 0 Å². The number of hydrogen-bond donors (Lipinski definition) is 1. The normalized spacial score (nSPS) is 12.6. The lowest BCUT2D eigenvalue weighted by Crippen LogP contribution is -1.95. The Bertz CT molecular complexity index is 559. The predicted molar refractivity (Wildman–Crippen MR) is 82.9 cm³/mol. The van der Waals surface area contributed by atoms with Crippen molar-refractivity contribution in [2.75, 3.05) is 5.73 Å². The summed E-state index contributed by atoms with van der Waals surface area (Å²) in [5.41, 5.74) is 7.32. The molecule has 6 heteroatoms. The van der Waals surface area contributed by atoms with Crippen LogP contribution in [0.25, 0.3) is 11.5 Å². The summed E-state index contributed by atoms with van der Waals surface area (Å²) >= 11 is 5.23. The molecule has 1 aromatic heterocycles. The summed E-state index contributed by atoms with van der Waals surface area (Å²) in [5.74, 6) is 1.94. The number of aromatic nitrogens is 2. The summed E-state index contributed by atoms with van der Waals surface area (Å²) in [6.07, 6.45) is 1.13. The molecule has 1 aromatic carbocycles. The van der Waals surface area contributed by atoms with Crippen molar-refractivity contribution in [1.29, 1.82) is 0 Å². The maximum atomic E-state index is 5.92. The van der Waals surface area contributed by atoms with Gasteiger partial charge >= 0.3 is 0 Å². The van der Waals surface area contributed by atoms with Crippen molar-refractivity contribution >= 4 is 33.4 Å². The summed E-state index contributed by atoms with van der Waals surface area (Å²) in [4.78, 5) is 4.39. The molecule has 0 amide bonds. The van der Waals surface area contributed by atoms with E-state index in [4.69, 9.17) is 10.3 Å². The number of hydrogen-bond acceptors (Lipinski definition) is 5. The Kier molecular flexibility index (Phi) is 4.87. The lowest BCUT2D eigenvalue weighted by atomic mass is 10.2. The highest BCUT2D eigenvalue weighted by Crippen LogP contribution is 2.28. The minimum atomic E-state index is 0.471. The maximum absolute atomic E-state index is 5.92. The number of halogens is 1. The van der Waals surface area contributed by atoms with Crippen LogP contribution in [0.15, 0.2) is 27.2 Å². The van der Waals surface area contributed by atoms with Gasteiger partial charge in [0.2, 0.25) is 0 Å². The van der Waals surface area contributed by atoms with E-state index in [9.17, 15) is 0 Å². The molecule has 102 valence electrons. The molecule has 1 heterocycles. The van der Waals surface area contributed by atoms with E-state index in [-0.39, 0.29) is 0 Å². The van der Waals surface area contributed by atoms with Crippen LogP contribution in [-0.2, 0) is 5.75 Å². The molecule has 0 saturated heterocycles. The van der Waals surface area contributed by atoms with Gasteiger partial charge in [0.25, 0.3) is 5.89 Å². The van der Waals surface area contributed by atoms with Gasteiger partial charge in [0.1, 0.15) is 0 Å². The number of thioether (sulfide) groups is 1. The first-order valence-electron chi connectivity index (χ1n) is 6.09. The fourth-order valence-electron chi connectivity index (χ4n) is 1.47. The van der Waals surface area contributed by atoms with Crippen LogP contribution in [0.1, 0.15) is 26.1 Å². The summed E-state index contributed by atoms with van der Waals surface area (Å²) in [5, 5.41) is 4.59. The van der Waals surface area contributed by atoms with Crippen molar-refractivity contribution in [3.63, 3.8) is 0 Å². The highest BCUT2D eigenvalue weighted by atomic mass is 79.9. The van der Waals surface area contributed by atoms with Gasteiger partial charge in [-0.25, -0.2) is 0 Å². The van der Waals surface area contributed by atoms with Gasteiger partial charge in [-0.1, -0.05) is 34.9 Å². The Balaban J connectivity index is 2.14. The van der Waals surface area contributed by atoms with Crippen molar-refractivity contribution in [3.05, 3.63) is 28.5 Å². The van der Waals surface area contributed by atoms with E-state index in [0.29, 0.717) is 22.7 Å². The van der Waals surface area contributed by atoms with Crippen LogP contribution >= 0.6 is 27.7 Å². The Morgan fingerprint density at radius 3 is 3.00 bits per heavy atom. The molecule has 1 atom stereocenters. The average Bonchev–Trinajstić information content (AvgIpc) is 2.87. The standard InChI is InChI=1S/C13H16BrN3OS/c1-3-8(2)19-7-12-16-13(18-17-12)10-6-9(14)4-5-11(10)15/h4-6,8H,3,7,15H2,1-2H3. The van der Waals surface area contributed by atoms with Gasteiger partial charge in [0, 0.05) is 15.4 Å². The third-order valence-corrected chi connectivity index (χ3v) is 4.61. The van der Waals surface area contributed by atoms with Crippen LogP contribution < -0.4 is 5.73 Å². The molecule has 0 aliphatic carbocycles. The number of nitrogens with zero attached hydrogens (tertiary/aromatic N) is 2. The Hall–Kier alpha value is -1.01. The van der Waals surface area contributed by atoms with Crippen LogP contribution in [0.2, 0.25) is 0 Å². The highest BCUT2D eigenvalue weighted by Gasteiger charge is 2.13. The molecule has 0 aliphatic rings. The van der Waals surface area contributed by atoms with Crippen LogP contribution in [0.5, 0.6) is 0 Å². The topological polar surface area (TPSA) is 64.9 Å². The smallest absolute Gasteiger partial charge is 0.260 e. The molecule has 2 aromatic rings. The predicted octanol–water partition coefficient (Wildman–Crippen LogP) is 4.11. The second-order valence-corrected chi connectivity index (χ2v) is 6.62. The van der Waals surface area contributed by atoms with Gasteiger partial charge < -0.3 is 10.3 Å². The fourth-order valence-corrected chi connectivity index (χ4v) is 2.62. The average molecular weight is 342 g/mol. The molecule has 0 saturated carbocycles. The van der Waals surface area contributed by atoms with Crippen LogP contribution in [0, 0.1) is 0 Å². The molecule has 0 radical (unpaired) electrons. The summed E-state index contributed by atoms with van der Waals surface area (Å²) < 4.78 is 6.21. The summed E-state index contributed by atoms with van der Waals surface area (Å²) in [6, 6.07) is 5.58. The molecule has 0 aliphatic heterocycles. The SMILES string of the molecule is CCC(C)SCc1noc(-c2cc(Br)ccc2N)n1. The number of anilines is 1. The lowest BCUT2D eigenvalue weighted by Gasteiger charge is -2.04. The Morgan fingerprint density at radius 1 is 1.47 bits per heavy atom. The maximum Gasteiger partial charge on any atom is 0.260 e. The Morgan fingerprint density at radius 2 is 2.26 bits per heavy atom. The van der Waals surface area contributed by atoms with E-state index >= 15 is 0 Å². The molecule has 2 N–H and O–H groups in total. The lowest BCUT2D eigenvalue weighted by molar-refractivity contribution is 0.425. The molecule has 2 rings (SSSR count). The zero-order valence-electron chi connectivity index (χ0n) is 10.9. The number of rotatable bonds is 5. The van der Waals surface area contributed by atoms with Gasteiger partial charge in [0.15, 0.2) is 5.82 Å². The van der Waals surface area contributed by atoms with Crippen molar-refractivity contribution < 1.29 is 4.52 Å². The monoisotopic (exact) mass is 341 g/mol. The van der Waals surface area contributed by atoms with Crippen molar-refractivity contribution in [3.8, 4) is 11.5 Å². The molecule has 1 unspecified atom stereocenters. The first kappa shape index (κ1) is 14.4. The second-order valence-electron chi connectivity index (χ2n) is 4.28. The minimum absolute atomic E-state index is 0.471. The largest absolute Gasteiger partial charge is 0.398 e. The van der Waals surface area contributed by atoms with E-state index in [1.807, 2.05) is 30.0 Å². The van der Waals surface area contributed by atoms with Gasteiger partial charge in [0.05, 0.1) is 11.3 Å².